The number of nitrogens with zero attached hydrogens (tertiary/aromatic N) is 2. The maximum atomic E-state index is 12.6. The molecular formula is C12H16N2O5S. The highest BCUT2D eigenvalue weighted by atomic mass is 32.2. The number of hydrogen-bond acceptors (Lipinski definition) is 5. The van der Waals surface area contributed by atoms with Crippen LogP contribution < -0.4 is 0 Å². The zero-order chi connectivity index (χ0) is 14.9. The van der Waals surface area contributed by atoms with E-state index >= 15 is 0 Å². The zero-order valence-corrected chi connectivity index (χ0v) is 12.0. The number of rotatable bonds is 3. The van der Waals surface area contributed by atoms with Gasteiger partial charge in [-0.2, -0.15) is 4.31 Å². The van der Waals surface area contributed by atoms with Gasteiger partial charge in [0.15, 0.2) is 4.90 Å². The predicted octanol–water partition coefficient (Wildman–Crippen LogP) is 1.39. The summed E-state index contributed by atoms with van der Waals surface area (Å²) in [5.41, 5.74) is -0.403. The number of para-hydroxylation sites is 1. The molecule has 0 saturated carbocycles. The van der Waals surface area contributed by atoms with Crippen molar-refractivity contribution >= 4 is 15.7 Å². The van der Waals surface area contributed by atoms with Crippen molar-refractivity contribution in [2.45, 2.75) is 31.0 Å². The molecule has 2 rings (SSSR count). The Hall–Kier alpha value is -1.51. The number of nitro groups is 1. The molecule has 20 heavy (non-hydrogen) atoms. The summed E-state index contributed by atoms with van der Waals surface area (Å²) < 4.78 is 31.9. The fourth-order valence-corrected chi connectivity index (χ4v) is 4.04. The minimum Gasteiger partial charge on any atom is -0.373 e. The molecule has 1 aromatic rings. The molecule has 7 nitrogen and oxygen atoms in total. The van der Waals surface area contributed by atoms with Crippen LogP contribution in [0.3, 0.4) is 0 Å². The topological polar surface area (TPSA) is 89.8 Å². The van der Waals surface area contributed by atoms with E-state index < -0.39 is 20.6 Å². The van der Waals surface area contributed by atoms with E-state index in [2.05, 4.69) is 0 Å². The van der Waals surface area contributed by atoms with Crippen LogP contribution in [-0.4, -0.2) is 42.9 Å². The second-order valence-electron chi connectivity index (χ2n) is 4.80. The van der Waals surface area contributed by atoms with Gasteiger partial charge in [0.25, 0.3) is 5.69 Å². The van der Waals surface area contributed by atoms with E-state index in [9.17, 15) is 18.5 Å². The molecule has 0 aromatic heterocycles. The highest BCUT2D eigenvalue weighted by Gasteiger charge is 2.35. The SMILES string of the molecule is C[C@@H]1CN(S(=O)(=O)c2ccccc2[N+](=O)[O-])C[C@H](C)O1. The molecule has 0 unspecified atom stereocenters. The van der Waals surface area contributed by atoms with Crippen molar-refractivity contribution in [2.24, 2.45) is 0 Å². The molecule has 0 aliphatic carbocycles. The lowest BCUT2D eigenvalue weighted by Crippen LogP contribution is -2.48. The monoisotopic (exact) mass is 300 g/mol. The van der Waals surface area contributed by atoms with Crippen molar-refractivity contribution in [3.63, 3.8) is 0 Å². The normalized spacial score (nSPS) is 24.5. The van der Waals surface area contributed by atoms with Gasteiger partial charge < -0.3 is 4.74 Å². The molecule has 0 amide bonds. The average molecular weight is 300 g/mol. The highest BCUT2D eigenvalue weighted by Crippen LogP contribution is 2.28. The lowest BCUT2D eigenvalue weighted by Gasteiger charge is -2.34. The van der Waals surface area contributed by atoms with Gasteiger partial charge in [-0.3, -0.25) is 10.1 Å². The van der Waals surface area contributed by atoms with Crippen molar-refractivity contribution in [3.05, 3.63) is 34.4 Å². The van der Waals surface area contributed by atoms with E-state index in [1.54, 1.807) is 13.8 Å². The Morgan fingerprint density at radius 2 is 1.80 bits per heavy atom. The molecule has 8 heteroatoms. The van der Waals surface area contributed by atoms with Crippen LogP contribution in [0.5, 0.6) is 0 Å². The average Bonchev–Trinajstić information content (AvgIpc) is 2.37. The van der Waals surface area contributed by atoms with Crippen molar-refractivity contribution in [3.8, 4) is 0 Å². The van der Waals surface area contributed by atoms with Crippen molar-refractivity contribution in [1.82, 2.24) is 4.31 Å². The van der Waals surface area contributed by atoms with E-state index in [0.717, 1.165) is 0 Å². The summed E-state index contributed by atoms with van der Waals surface area (Å²) in [6.45, 7) is 3.94. The van der Waals surface area contributed by atoms with Gasteiger partial charge in [-0.05, 0) is 19.9 Å². The molecule has 2 atom stereocenters. The molecule has 0 N–H and O–H groups in total. The summed E-state index contributed by atoms with van der Waals surface area (Å²) in [6.07, 6.45) is -0.479. The Labute approximate surface area is 117 Å². The maximum Gasteiger partial charge on any atom is 0.289 e. The third-order valence-electron chi connectivity index (χ3n) is 3.07. The summed E-state index contributed by atoms with van der Waals surface area (Å²) >= 11 is 0. The first-order valence-corrected chi connectivity index (χ1v) is 7.65. The quantitative estimate of drug-likeness (QED) is 0.621. The first-order valence-electron chi connectivity index (χ1n) is 6.21. The van der Waals surface area contributed by atoms with Crippen LogP contribution in [0.25, 0.3) is 0 Å². The second kappa shape index (κ2) is 5.47. The summed E-state index contributed by atoms with van der Waals surface area (Å²) in [4.78, 5) is 10.0. The molecule has 1 aromatic carbocycles. The third kappa shape index (κ3) is 2.82. The number of nitro benzene ring substituents is 1. The lowest BCUT2D eigenvalue weighted by molar-refractivity contribution is -0.387. The Kier molecular flexibility index (Phi) is 4.07. The zero-order valence-electron chi connectivity index (χ0n) is 11.2. The van der Waals surface area contributed by atoms with Crippen molar-refractivity contribution in [2.75, 3.05) is 13.1 Å². The summed E-state index contributed by atoms with van der Waals surface area (Å²) in [7, 11) is -3.89. The van der Waals surface area contributed by atoms with Gasteiger partial charge in [0.2, 0.25) is 10.0 Å². The summed E-state index contributed by atoms with van der Waals surface area (Å²) in [6, 6.07) is 5.38. The van der Waals surface area contributed by atoms with Crippen LogP contribution >= 0.6 is 0 Å². The first kappa shape index (κ1) is 14.9. The summed E-state index contributed by atoms with van der Waals surface area (Å²) in [5, 5.41) is 11.0. The van der Waals surface area contributed by atoms with Gasteiger partial charge >= 0.3 is 0 Å². The fourth-order valence-electron chi connectivity index (χ4n) is 2.29. The Bertz CT molecular complexity index is 606. The molecule has 110 valence electrons. The fraction of sp³-hybridized carbons (Fsp3) is 0.500. The Balaban J connectivity index is 2.43. The number of sulfonamides is 1. The first-order chi connectivity index (χ1) is 9.32. The van der Waals surface area contributed by atoms with E-state index in [4.69, 9.17) is 4.74 Å². The number of benzene rings is 1. The molecule has 0 bridgehead atoms. The van der Waals surface area contributed by atoms with Gasteiger partial charge in [-0.15, -0.1) is 0 Å². The van der Waals surface area contributed by atoms with Crippen LogP contribution in [0, 0.1) is 10.1 Å². The molecule has 1 heterocycles. The van der Waals surface area contributed by atoms with Crippen molar-refractivity contribution < 1.29 is 18.1 Å². The smallest absolute Gasteiger partial charge is 0.289 e. The standard InChI is InChI=1S/C12H16N2O5S/c1-9-7-13(8-10(2)19-9)20(17,18)12-6-4-3-5-11(12)14(15)16/h3-6,9-10H,7-8H2,1-2H3/t9-,10+. The molecule has 1 aliphatic heterocycles. The Morgan fingerprint density at radius 1 is 1.25 bits per heavy atom. The molecule has 1 aliphatic rings. The largest absolute Gasteiger partial charge is 0.373 e. The van der Waals surface area contributed by atoms with Gasteiger partial charge in [0.05, 0.1) is 17.1 Å². The van der Waals surface area contributed by atoms with Crippen LogP contribution in [0.15, 0.2) is 29.2 Å². The minimum atomic E-state index is -3.89. The number of morpholine rings is 1. The molecule has 0 radical (unpaired) electrons. The number of ether oxygens (including phenoxy) is 1. The molecule has 1 fully saturated rings. The molecular weight excluding hydrogens is 284 g/mol. The third-order valence-corrected chi connectivity index (χ3v) is 4.94. The van der Waals surface area contributed by atoms with Crippen LogP contribution in [-0.2, 0) is 14.8 Å². The predicted molar refractivity (Wildman–Crippen MR) is 71.9 cm³/mol. The van der Waals surface area contributed by atoms with Crippen molar-refractivity contribution in [1.29, 1.82) is 0 Å². The van der Waals surface area contributed by atoms with Crippen LogP contribution in [0.4, 0.5) is 5.69 Å². The second-order valence-corrected chi connectivity index (χ2v) is 6.71. The number of hydrogen-bond donors (Lipinski definition) is 0. The Morgan fingerprint density at radius 3 is 2.35 bits per heavy atom. The summed E-state index contributed by atoms with van der Waals surface area (Å²) in [5.74, 6) is 0. The van der Waals surface area contributed by atoms with Gasteiger partial charge in [0, 0.05) is 19.2 Å². The van der Waals surface area contributed by atoms with E-state index in [0.29, 0.717) is 0 Å². The maximum absolute atomic E-state index is 12.6. The molecule has 1 saturated heterocycles. The highest BCUT2D eigenvalue weighted by molar-refractivity contribution is 7.89. The van der Waals surface area contributed by atoms with E-state index in [1.165, 1.54) is 28.6 Å². The van der Waals surface area contributed by atoms with E-state index in [1.807, 2.05) is 0 Å². The molecule has 0 spiro atoms. The van der Waals surface area contributed by atoms with Crippen LogP contribution in [0.1, 0.15) is 13.8 Å². The van der Waals surface area contributed by atoms with Gasteiger partial charge in [0.1, 0.15) is 0 Å². The van der Waals surface area contributed by atoms with Gasteiger partial charge in [-0.1, -0.05) is 12.1 Å². The van der Waals surface area contributed by atoms with Gasteiger partial charge in [-0.25, -0.2) is 8.42 Å². The minimum absolute atomic E-state index is 0.193. The van der Waals surface area contributed by atoms with E-state index in [-0.39, 0.29) is 30.2 Å². The lowest BCUT2D eigenvalue weighted by atomic mass is 10.3. The van der Waals surface area contributed by atoms with Crippen LogP contribution in [0.2, 0.25) is 0 Å².